The van der Waals surface area contributed by atoms with Crippen molar-refractivity contribution in [2.75, 3.05) is 13.2 Å². The molecule has 0 aromatic rings. The van der Waals surface area contributed by atoms with E-state index >= 15 is 0 Å². The van der Waals surface area contributed by atoms with Gasteiger partial charge in [0, 0.05) is 12.8 Å². The minimum atomic E-state index is -0.775. The Hall–Kier alpha value is -1.88. The van der Waals surface area contributed by atoms with Crippen molar-refractivity contribution in [3.63, 3.8) is 0 Å². The van der Waals surface area contributed by atoms with Crippen LogP contribution in [0.25, 0.3) is 0 Å². The van der Waals surface area contributed by atoms with Gasteiger partial charge in [-0.3, -0.25) is 9.59 Å². The van der Waals surface area contributed by atoms with Crippen LogP contribution in [0.15, 0.2) is 36.5 Å². The van der Waals surface area contributed by atoms with E-state index in [2.05, 4.69) is 50.3 Å². The maximum Gasteiger partial charge on any atom is 0.306 e. The molecule has 5 heteroatoms. The van der Waals surface area contributed by atoms with Gasteiger partial charge in [0.1, 0.15) is 6.61 Å². The first-order valence-corrected chi connectivity index (χ1v) is 26.0. The number of carbonyl (C=O) groups excluding carboxylic acids is 2. The smallest absolute Gasteiger partial charge is 0.306 e. The largest absolute Gasteiger partial charge is 0.462 e. The summed E-state index contributed by atoms with van der Waals surface area (Å²) in [6.45, 7) is 4.06. The summed E-state index contributed by atoms with van der Waals surface area (Å²) in [7, 11) is 0. The second kappa shape index (κ2) is 50.5. The average molecular weight is 829 g/mol. The third kappa shape index (κ3) is 48.7. The molecule has 0 heterocycles. The normalized spacial score (nSPS) is 12.4. The average Bonchev–Trinajstić information content (AvgIpc) is 3.24. The Morgan fingerprint density at radius 2 is 0.729 bits per heavy atom. The highest BCUT2D eigenvalue weighted by molar-refractivity contribution is 5.70. The summed E-state index contributed by atoms with van der Waals surface area (Å²) in [5, 5.41) is 9.62. The molecule has 0 spiro atoms. The minimum Gasteiger partial charge on any atom is -0.462 e. The number of allylic oxidation sites excluding steroid dienone is 6. The van der Waals surface area contributed by atoms with Crippen molar-refractivity contribution in [2.45, 2.75) is 283 Å². The van der Waals surface area contributed by atoms with Crippen LogP contribution in [0.1, 0.15) is 277 Å². The molecule has 0 saturated carbocycles. The number of carbonyl (C=O) groups is 2. The van der Waals surface area contributed by atoms with Gasteiger partial charge >= 0.3 is 11.9 Å². The van der Waals surface area contributed by atoms with E-state index in [-0.39, 0.29) is 25.2 Å². The zero-order valence-corrected chi connectivity index (χ0v) is 39.5. The molecule has 0 bridgehead atoms. The lowest BCUT2D eigenvalue weighted by atomic mass is 10.0. The Morgan fingerprint density at radius 3 is 1.10 bits per heavy atom. The quantitative estimate of drug-likeness (QED) is 0.0376. The molecule has 59 heavy (non-hydrogen) atoms. The molecule has 0 fully saturated rings. The Balaban J connectivity index is 3.43. The molecule has 1 N–H and O–H groups in total. The van der Waals surface area contributed by atoms with Crippen LogP contribution in [0.4, 0.5) is 0 Å². The second-order valence-corrected chi connectivity index (χ2v) is 17.6. The van der Waals surface area contributed by atoms with Crippen molar-refractivity contribution in [1.29, 1.82) is 0 Å². The van der Waals surface area contributed by atoms with Crippen molar-refractivity contribution in [3.05, 3.63) is 36.5 Å². The summed E-state index contributed by atoms with van der Waals surface area (Å²) >= 11 is 0. The van der Waals surface area contributed by atoms with Crippen LogP contribution in [-0.2, 0) is 19.1 Å². The van der Waals surface area contributed by atoms with Gasteiger partial charge in [0.05, 0.1) is 6.61 Å². The number of rotatable bonds is 48. The van der Waals surface area contributed by atoms with Crippen molar-refractivity contribution < 1.29 is 24.2 Å². The molecule has 0 aliphatic carbocycles. The zero-order chi connectivity index (χ0) is 42.8. The van der Waals surface area contributed by atoms with Gasteiger partial charge in [0.25, 0.3) is 0 Å². The number of hydrogen-bond donors (Lipinski definition) is 1. The Kier molecular flexibility index (Phi) is 48.9. The first kappa shape index (κ1) is 57.1. The molecule has 0 amide bonds. The van der Waals surface area contributed by atoms with Crippen LogP contribution in [0.2, 0.25) is 0 Å². The molecular formula is C54H100O5. The number of aliphatic hydroxyl groups excluding tert-OH is 1. The van der Waals surface area contributed by atoms with Gasteiger partial charge in [-0.25, -0.2) is 0 Å². The van der Waals surface area contributed by atoms with Gasteiger partial charge in [0.15, 0.2) is 6.10 Å². The first-order valence-electron chi connectivity index (χ1n) is 26.0. The van der Waals surface area contributed by atoms with E-state index in [0.717, 1.165) is 64.2 Å². The number of unbranched alkanes of at least 4 members (excludes halogenated alkanes) is 34. The number of esters is 2. The van der Waals surface area contributed by atoms with Gasteiger partial charge < -0.3 is 14.6 Å². The fourth-order valence-corrected chi connectivity index (χ4v) is 7.81. The first-order chi connectivity index (χ1) is 29.1. The Labute approximate surface area is 367 Å². The molecule has 346 valence electrons. The standard InChI is InChI=1S/C54H100O5/c1-3-5-7-9-11-13-15-17-19-21-22-23-24-25-26-27-28-29-30-31-33-34-36-38-40-42-44-46-48-53(56)58-51-52(50-55)59-54(57)49-47-45-43-41-39-37-35-32-20-18-16-14-12-10-8-6-4-2/h6,8,12,14,18,20,52,55H,3-5,7,9-11,13,15-17,19,21-51H2,1-2H3/b8-6-,14-12-,20-18-. The van der Waals surface area contributed by atoms with E-state index < -0.39 is 6.10 Å². The monoisotopic (exact) mass is 829 g/mol. The Morgan fingerprint density at radius 1 is 0.407 bits per heavy atom. The van der Waals surface area contributed by atoms with Gasteiger partial charge in [-0.2, -0.15) is 0 Å². The zero-order valence-electron chi connectivity index (χ0n) is 39.5. The lowest BCUT2D eigenvalue weighted by Gasteiger charge is -2.15. The lowest BCUT2D eigenvalue weighted by Crippen LogP contribution is -2.28. The maximum absolute atomic E-state index is 12.2. The molecule has 0 radical (unpaired) electrons. The van der Waals surface area contributed by atoms with Crippen LogP contribution >= 0.6 is 0 Å². The van der Waals surface area contributed by atoms with E-state index in [1.807, 2.05) is 0 Å². The highest BCUT2D eigenvalue weighted by atomic mass is 16.6. The minimum absolute atomic E-state index is 0.0663. The van der Waals surface area contributed by atoms with Crippen molar-refractivity contribution >= 4 is 11.9 Å². The van der Waals surface area contributed by atoms with Crippen molar-refractivity contribution in [3.8, 4) is 0 Å². The molecule has 0 aromatic heterocycles. The number of hydrogen-bond acceptors (Lipinski definition) is 5. The third-order valence-corrected chi connectivity index (χ3v) is 11.7. The maximum atomic E-state index is 12.2. The van der Waals surface area contributed by atoms with Crippen LogP contribution < -0.4 is 0 Å². The fourth-order valence-electron chi connectivity index (χ4n) is 7.81. The molecule has 1 atom stereocenters. The van der Waals surface area contributed by atoms with Crippen LogP contribution in [0.5, 0.6) is 0 Å². The molecular weight excluding hydrogens is 729 g/mol. The summed E-state index contributed by atoms with van der Waals surface area (Å²) in [6, 6.07) is 0. The molecule has 0 rings (SSSR count). The number of ether oxygens (including phenoxy) is 2. The van der Waals surface area contributed by atoms with Crippen LogP contribution in [0.3, 0.4) is 0 Å². The van der Waals surface area contributed by atoms with Crippen molar-refractivity contribution in [1.82, 2.24) is 0 Å². The van der Waals surface area contributed by atoms with E-state index in [0.29, 0.717) is 12.8 Å². The van der Waals surface area contributed by atoms with Crippen LogP contribution in [0, 0.1) is 0 Å². The summed E-state index contributed by atoms with van der Waals surface area (Å²) in [6.07, 6.45) is 64.0. The predicted molar refractivity (Wildman–Crippen MR) is 256 cm³/mol. The van der Waals surface area contributed by atoms with E-state index in [4.69, 9.17) is 9.47 Å². The topological polar surface area (TPSA) is 72.8 Å². The highest BCUT2D eigenvalue weighted by Crippen LogP contribution is 2.17. The van der Waals surface area contributed by atoms with Gasteiger partial charge in [0.2, 0.25) is 0 Å². The van der Waals surface area contributed by atoms with Crippen LogP contribution in [-0.4, -0.2) is 36.4 Å². The molecule has 5 nitrogen and oxygen atoms in total. The molecule has 0 saturated heterocycles. The predicted octanol–water partition coefficient (Wildman–Crippen LogP) is 17.1. The molecule has 1 unspecified atom stereocenters. The molecule has 0 aromatic carbocycles. The Bertz CT molecular complexity index is 939. The second-order valence-electron chi connectivity index (χ2n) is 17.6. The highest BCUT2D eigenvalue weighted by Gasteiger charge is 2.16. The van der Waals surface area contributed by atoms with Gasteiger partial charge in [-0.1, -0.05) is 256 Å². The fraction of sp³-hybridized carbons (Fsp3) is 0.852. The summed E-state index contributed by atoms with van der Waals surface area (Å²) in [5.74, 6) is -0.589. The molecule has 0 aliphatic rings. The summed E-state index contributed by atoms with van der Waals surface area (Å²) in [5.41, 5.74) is 0. The summed E-state index contributed by atoms with van der Waals surface area (Å²) < 4.78 is 10.7. The van der Waals surface area contributed by atoms with Crippen molar-refractivity contribution in [2.24, 2.45) is 0 Å². The number of aliphatic hydroxyl groups is 1. The van der Waals surface area contributed by atoms with E-state index in [1.165, 1.54) is 186 Å². The third-order valence-electron chi connectivity index (χ3n) is 11.7. The lowest BCUT2D eigenvalue weighted by molar-refractivity contribution is -0.161. The molecule has 0 aliphatic heterocycles. The van der Waals surface area contributed by atoms with E-state index in [9.17, 15) is 14.7 Å². The van der Waals surface area contributed by atoms with E-state index in [1.54, 1.807) is 0 Å². The van der Waals surface area contributed by atoms with Gasteiger partial charge in [-0.15, -0.1) is 0 Å². The summed E-state index contributed by atoms with van der Waals surface area (Å²) in [4.78, 5) is 24.4. The van der Waals surface area contributed by atoms with Gasteiger partial charge in [-0.05, 0) is 44.9 Å². The SMILES string of the molecule is CC/C=C\C/C=C\C/C=C\CCCCCCCCCC(=O)OC(CO)COC(=O)CCCCCCCCCCCCCCCCCCCCCCCCCCCCCC.